The first kappa shape index (κ1) is 16.6. The Morgan fingerprint density at radius 1 is 0.536 bits per heavy atom. The van der Waals surface area contributed by atoms with Crippen LogP contribution >= 0.6 is 0 Å². The average molecular weight is 359 g/mol. The molecule has 1 nitrogen and oxygen atoms in total. The fraction of sp³-hybridized carbons (Fsp3) is 0.0370. The Morgan fingerprint density at radius 3 is 1.82 bits per heavy atom. The van der Waals surface area contributed by atoms with Crippen molar-refractivity contribution in [2.75, 3.05) is 0 Å². The van der Waals surface area contributed by atoms with Gasteiger partial charge in [0.25, 0.3) is 0 Å². The minimum atomic E-state index is 0.854. The smallest absolute Gasteiger partial charge is 0.0494 e. The van der Waals surface area contributed by atoms with Crippen molar-refractivity contribution >= 4 is 10.9 Å². The van der Waals surface area contributed by atoms with Crippen molar-refractivity contribution in [3.63, 3.8) is 0 Å². The van der Waals surface area contributed by atoms with Gasteiger partial charge in [0.15, 0.2) is 0 Å². The minimum Gasteiger partial charge on any atom is -0.336 e. The first-order valence-electron chi connectivity index (χ1n) is 9.67. The van der Waals surface area contributed by atoms with Crippen molar-refractivity contribution in [1.82, 2.24) is 4.57 Å². The lowest BCUT2D eigenvalue weighted by atomic mass is 10.0. The summed E-state index contributed by atoms with van der Waals surface area (Å²) in [6.07, 6.45) is 0. The van der Waals surface area contributed by atoms with E-state index < -0.39 is 0 Å². The maximum Gasteiger partial charge on any atom is 0.0494 e. The van der Waals surface area contributed by atoms with Crippen molar-refractivity contribution in [2.24, 2.45) is 0 Å². The molecule has 1 heteroatoms. The van der Waals surface area contributed by atoms with Crippen molar-refractivity contribution < 1.29 is 0 Å². The predicted octanol–water partition coefficient (Wildman–Crippen LogP) is 7.02. The molecule has 1 aromatic heterocycles. The van der Waals surface area contributed by atoms with E-state index in [9.17, 15) is 0 Å². The fourth-order valence-corrected chi connectivity index (χ4v) is 3.94. The molecule has 0 aliphatic rings. The van der Waals surface area contributed by atoms with Crippen LogP contribution in [0, 0.1) is 0 Å². The summed E-state index contributed by atoms with van der Waals surface area (Å²) < 4.78 is 2.44. The summed E-state index contributed by atoms with van der Waals surface area (Å²) in [6, 6.07) is 41.0. The van der Waals surface area contributed by atoms with Gasteiger partial charge < -0.3 is 4.57 Å². The van der Waals surface area contributed by atoms with Gasteiger partial charge in [-0.1, -0.05) is 103 Å². The van der Waals surface area contributed by atoms with E-state index in [1.165, 1.54) is 38.9 Å². The minimum absolute atomic E-state index is 0.854. The molecule has 134 valence electrons. The van der Waals surface area contributed by atoms with Gasteiger partial charge in [-0.3, -0.25) is 0 Å². The molecule has 0 saturated heterocycles. The summed E-state index contributed by atoms with van der Waals surface area (Å²) in [5.41, 5.74) is 7.61. The normalized spacial score (nSPS) is 11.0. The highest BCUT2D eigenvalue weighted by atomic mass is 15.0. The molecule has 0 saturated carbocycles. The summed E-state index contributed by atoms with van der Waals surface area (Å²) >= 11 is 0. The molecule has 1 heterocycles. The number of fused-ring (bicyclic) bond motifs is 1. The Labute approximate surface area is 165 Å². The molecule has 0 N–H and O–H groups in total. The number of aromatic nitrogens is 1. The first-order chi connectivity index (χ1) is 13.9. The first-order valence-corrected chi connectivity index (χ1v) is 9.67. The lowest BCUT2D eigenvalue weighted by Gasteiger charge is -2.12. The molecule has 28 heavy (non-hydrogen) atoms. The molecular weight excluding hydrogens is 338 g/mol. The Balaban J connectivity index is 1.76. The molecule has 0 amide bonds. The highest BCUT2D eigenvalue weighted by molar-refractivity contribution is 5.98. The van der Waals surface area contributed by atoms with Gasteiger partial charge in [0.05, 0.1) is 0 Å². The van der Waals surface area contributed by atoms with Crippen molar-refractivity contribution in [1.29, 1.82) is 0 Å². The summed E-state index contributed by atoms with van der Waals surface area (Å²) in [5.74, 6) is 0. The van der Waals surface area contributed by atoms with Crippen LogP contribution in [0.15, 0.2) is 115 Å². The Kier molecular flexibility index (Phi) is 4.27. The SMILES string of the molecule is c1ccc(Cn2c(-c3ccccc3)cc3c(-c4ccccc4)cccc32)cc1. The van der Waals surface area contributed by atoms with Gasteiger partial charge in [-0.25, -0.2) is 0 Å². The van der Waals surface area contributed by atoms with E-state index in [4.69, 9.17) is 0 Å². The number of rotatable bonds is 4. The summed E-state index contributed by atoms with van der Waals surface area (Å²) in [5, 5.41) is 1.29. The molecule has 0 unspecified atom stereocenters. The van der Waals surface area contributed by atoms with Crippen LogP contribution in [0.2, 0.25) is 0 Å². The van der Waals surface area contributed by atoms with Gasteiger partial charge in [0.2, 0.25) is 0 Å². The highest BCUT2D eigenvalue weighted by Crippen LogP contribution is 2.35. The van der Waals surface area contributed by atoms with Crippen LogP contribution < -0.4 is 0 Å². The molecule has 0 aliphatic heterocycles. The van der Waals surface area contributed by atoms with Crippen molar-refractivity contribution in [3.05, 3.63) is 121 Å². The number of hydrogen-bond acceptors (Lipinski definition) is 0. The van der Waals surface area contributed by atoms with Crippen LogP contribution in [-0.4, -0.2) is 4.57 Å². The van der Waals surface area contributed by atoms with E-state index in [2.05, 4.69) is 120 Å². The van der Waals surface area contributed by atoms with E-state index >= 15 is 0 Å². The lowest BCUT2D eigenvalue weighted by Crippen LogP contribution is -2.01. The Morgan fingerprint density at radius 2 is 1.14 bits per heavy atom. The maximum absolute atomic E-state index is 2.44. The predicted molar refractivity (Wildman–Crippen MR) is 118 cm³/mol. The van der Waals surface area contributed by atoms with Crippen LogP contribution in [0.3, 0.4) is 0 Å². The standard InChI is InChI=1S/C27H21N/c1-4-11-21(12-5-1)20-28-26-18-10-17-24(22-13-6-2-7-14-22)25(26)19-27(28)23-15-8-3-9-16-23/h1-19H,20H2. The second kappa shape index (κ2) is 7.21. The van der Waals surface area contributed by atoms with Gasteiger partial charge in [-0.2, -0.15) is 0 Å². The molecule has 0 aliphatic carbocycles. The second-order valence-electron chi connectivity index (χ2n) is 7.07. The second-order valence-corrected chi connectivity index (χ2v) is 7.07. The highest BCUT2D eigenvalue weighted by Gasteiger charge is 2.14. The maximum atomic E-state index is 2.44. The molecule has 0 radical (unpaired) electrons. The van der Waals surface area contributed by atoms with Gasteiger partial charge in [0, 0.05) is 23.1 Å². The molecule has 4 aromatic carbocycles. The zero-order valence-corrected chi connectivity index (χ0v) is 15.6. The average Bonchev–Trinajstić information content (AvgIpc) is 3.14. The molecule has 0 fully saturated rings. The largest absolute Gasteiger partial charge is 0.336 e. The molecule has 0 atom stereocenters. The topological polar surface area (TPSA) is 4.93 Å². The van der Waals surface area contributed by atoms with Crippen LogP contribution in [0.4, 0.5) is 0 Å². The molecular formula is C27H21N. The summed E-state index contributed by atoms with van der Waals surface area (Å²) in [6.45, 7) is 0.854. The van der Waals surface area contributed by atoms with Crippen LogP contribution in [0.5, 0.6) is 0 Å². The zero-order chi connectivity index (χ0) is 18.8. The van der Waals surface area contributed by atoms with E-state index in [1.54, 1.807) is 0 Å². The summed E-state index contributed by atoms with van der Waals surface area (Å²) in [4.78, 5) is 0. The molecule has 5 aromatic rings. The van der Waals surface area contributed by atoms with Gasteiger partial charge >= 0.3 is 0 Å². The monoisotopic (exact) mass is 359 g/mol. The van der Waals surface area contributed by atoms with E-state index in [1.807, 2.05) is 0 Å². The third-order valence-electron chi connectivity index (χ3n) is 5.28. The molecule has 5 rings (SSSR count). The number of hydrogen-bond donors (Lipinski definition) is 0. The Bertz CT molecular complexity index is 1200. The lowest BCUT2D eigenvalue weighted by molar-refractivity contribution is 0.845. The van der Waals surface area contributed by atoms with E-state index in [0.29, 0.717) is 0 Å². The van der Waals surface area contributed by atoms with Crippen molar-refractivity contribution in [2.45, 2.75) is 6.54 Å². The van der Waals surface area contributed by atoms with Crippen LogP contribution in [-0.2, 0) is 6.54 Å². The summed E-state index contributed by atoms with van der Waals surface area (Å²) in [7, 11) is 0. The van der Waals surface area contributed by atoms with Crippen molar-refractivity contribution in [3.8, 4) is 22.4 Å². The third kappa shape index (κ3) is 3.01. The zero-order valence-electron chi connectivity index (χ0n) is 15.6. The number of benzene rings is 4. The quantitative estimate of drug-likeness (QED) is 0.325. The third-order valence-corrected chi connectivity index (χ3v) is 5.28. The van der Waals surface area contributed by atoms with E-state index in [-0.39, 0.29) is 0 Å². The van der Waals surface area contributed by atoms with E-state index in [0.717, 1.165) is 6.54 Å². The van der Waals surface area contributed by atoms with Gasteiger partial charge in [-0.05, 0) is 34.4 Å². The molecule has 0 spiro atoms. The fourth-order valence-electron chi connectivity index (χ4n) is 3.94. The van der Waals surface area contributed by atoms with Crippen LogP contribution in [0.1, 0.15) is 5.56 Å². The Hall–Kier alpha value is -3.58. The number of nitrogens with zero attached hydrogens (tertiary/aromatic N) is 1. The molecule has 0 bridgehead atoms. The van der Waals surface area contributed by atoms with Gasteiger partial charge in [-0.15, -0.1) is 0 Å². The van der Waals surface area contributed by atoms with Crippen LogP contribution in [0.25, 0.3) is 33.3 Å². The van der Waals surface area contributed by atoms with Gasteiger partial charge in [0.1, 0.15) is 0 Å².